The lowest BCUT2D eigenvalue weighted by Gasteiger charge is -2.26. The SMILES string of the molecule is Cc1ccccc1N(C)C(=O)C(CO)C(C)C. The van der Waals surface area contributed by atoms with E-state index in [-0.39, 0.29) is 24.3 Å². The molecule has 0 fully saturated rings. The highest BCUT2D eigenvalue weighted by Gasteiger charge is 2.25. The van der Waals surface area contributed by atoms with Crippen LogP contribution in [0, 0.1) is 18.8 Å². The summed E-state index contributed by atoms with van der Waals surface area (Å²) in [5.41, 5.74) is 1.96. The van der Waals surface area contributed by atoms with Gasteiger partial charge in [-0.3, -0.25) is 4.79 Å². The zero-order valence-electron chi connectivity index (χ0n) is 11.0. The van der Waals surface area contributed by atoms with Gasteiger partial charge in [0, 0.05) is 12.7 Å². The highest BCUT2D eigenvalue weighted by atomic mass is 16.3. The van der Waals surface area contributed by atoms with Crippen molar-refractivity contribution in [2.75, 3.05) is 18.6 Å². The minimum absolute atomic E-state index is 0.0307. The van der Waals surface area contributed by atoms with E-state index in [0.717, 1.165) is 11.3 Å². The predicted molar refractivity (Wildman–Crippen MR) is 70.0 cm³/mol. The van der Waals surface area contributed by atoms with E-state index in [1.807, 2.05) is 45.0 Å². The number of anilines is 1. The van der Waals surface area contributed by atoms with Crippen molar-refractivity contribution in [3.8, 4) is 0 Å². The molecule has 1 rings (SSSR count). The monoisotopic (exact) mass is 235 g/mol. The maximum atomic E-state index is 12.2. The van der Waals surface area contributed by atoms with E-state index in [9.17, 15) is 9.90 Å². The topological polar surface area (TPSA) is 40.5 Å². The van der Waals surface area contributed by atoms with Gasteiger partial charge in [0.25, 0.3) is 0 Å². The van der Waals surface area contributed by atoms with Gasteiger partial charge in [0.05, 0.1) is 12.5 Å². The van der Waals surface area contributed by atoms with E-state index in [1.165, 1.54) is 0 Å². The summed E-state index contributed by atoms with van der Waals surface area (Å²) in [5.74, 6) is -0.227. The minimum atomic E-state index is -0.334. The number of aryl methyl sites for hydroxylation is 1. The Morgan fingerprint density at radius 3 is 2.41 bits per heavy atom. The Hall–Kier alpha value is -1.35. The fourth-order valence-electron chi connectivity index (χ4n) is 1.88. The molecule has 1 aromatic carbocycles. The molecule has 0 bridgehead atoms. The van der Waals surface area contributed by atoms with Crippen LogP contribution in [0.5, 0.6) is 0 Å². The first-order valence-electron chi connectivity index (χ1n) is 5.93. The van der Waals surface area contributed by atoms with Crippen LogP contribution < -0.4 is 4.90 Å². The number of carbonyl (C=O) groups excluding carboxylic acids is 1. The number of rotatable bonds is 4. The van der Waals surface area contributed by atoms with Gasteiger partial charge in [-0.25, -0.2) is 0 Å². The zero-order chi connectivity index (χ0) is 13.0. The molecule has 0 aromatic heterocycles. The van der Waals surface area contributed by atoms with E-state index in [0.29, 0.717) is 0 Å². The van der Waals surface area contributed by atoms with E-state index in [2.05, 4.69) is 0 Å². The number of hydrogen-bond acceptors (Lipinski definition) is 2. The van der Waals surface area contributed by atoms with Crippen molar-refractivity contribution in [2.45, 2.75) is 20.8 Å². The number of carbonyl (C=O) groups is 1. The van der Waals surface area contributed by atoms with Crippen LogP contribution in [0.4, 0.5) is 5.69 Å². The van der Waals surface area contributed by atoms with Crippen LogP contribution in [-0.4, -0.2) is 24.7 Å². The van der Waals surface area contributed by atoms with Gasteiger partial charge in [-0.05, 0) is 24.5 Å². The molecule has 1 unspecified atom stereocenters. The molecular weight excluding hydrogens is 214 g/mol. The van der Waals surface area contributed by atoms with Crippen molar-refractivity contribution in [2.24, 2.45) is 11.8 Å². The Labute approximate surface area is 103 Å². The molecule has 1 atom stereocenters. The van der Waals surface area contributed by atoms with Gasteiger partial charge >= 0.3 is 0 Å². The number of hydrogen-bond donors (Lipinski definition) is 1. The second-order valence-corrected chi connectivity index (χ2v) is 4.72. The molecule has 0 saturated carbocycles. The van der Waals surface area contributed by atoms with Crippen LogP contribution in [0.2, 0.25) is 0 Å². The Kier molecular flexibility index (Phi) is 4.70. The maximum Gasteiger partial charge on any atom is 0.232 e. The van der Waals surface area contributed by atoms with Crippen molar-refractivity contribution in [1.82, 2.24) is 0 Å². The Morgan fingerprint density at radius 2 is 1.94 bits per heavy atom. The van der Waals surface area contributed by atoms with Crippen LogP contribution in [0.3, 0.4) is 0 Å². The standard InChI is InChI=1S/C14H21NO2/c1-10(2)12(9-16)14(17)15(4)13-8-6-5-7-11(13)3/h5-8,10,12,16H,9H2,1-4H3. The third-order valence-electron chi connectivity index (χ3n) is 3.13. The smallest absolute Gasteiger partial charge is 0.232 e. The lowest BCUT2D eigenvalue weighted by Crippen LogP contribution is -2.37. The quantitative estimate of drug-likeness (QED) is 0.869. The largest absolute Gasteiger partial charge is 0.396 e. The van der Waals surface area contributed by atoms with Gasteiger partial charge < -0.3 is 10.0 Å². The van der Waals surface area contributed by atoms with Crippen molar-refractivity contribution < 1.29 is 9.90 Å². The number of para-hydroxylation sites is 1. The molecular formula is C14H21NO2. The molecule has 3 nitrogen and oxygen atoms in total. The second-order valence-electron chi connectivity index (χ2n) is 4.72. The number of aliphatic hydroxyl groups is 1. The molecule has 1 amide bonds. The molecule has 0 radical (unpaired) electrons. The molecule has 0 spiro atoms. The van der Waals surface area contributed by atoms with Gasteiger partial charge in [-0.1, -0.05) is 32.0 Å². The maximum absolute atomic E-state index is 12.2. The zero-order valence-corrected chi connectivity index (χ0v) is 11.0. The van der Waals surface area contributed by atoms with Crippen LogP contribution in [0.1, 0.15) is 19.4 Å². The van der Waals surface area contributed by atoms with Crippen LogP contribution in [0.25, 0.3) is 0 Å². The van der Waals surface area contributed by atoms with Gasteiger partial charge in [-0.15, -0.1) is 0 Å². The van der Waals surface area contributed by atoms with E-state index in [1.54, 1.807) is 11.9 Å². The van der Waals surface area contributed by atoms with Crippen molar-refractivity contribution in [3.63, 3.8) is 0 Å². The van der Waals surface area contributed by atoms with E-state index in [4.69, 9.17) is 0 Å². The first-order valence-corrected chi connectivity index (χ1v) is 5.93. The van der Waals surface area contributed by atoms with Gasteiger partial charge in [0.15, 0.2) is 0 Å². The lowest BCUT2D eigenvalue weighted by molar-refractivity contribution is -0.124. The highest BCUT2D eigenvalue weighted by molar-refractivity contribution is 5.95. The van der Waals surface area contributed by atoms with Gasteiger partial charge in [-0.2, -0.15) is 0 Å². The number of benzene rings is 1. The summed E-state index contributed by atoms with van der Waals surface area (Å²) in [6, 6.07) is 7.75. The average Bonchev–Trinajstić information content (AvgIpc) is 2.29. The highest BCUT2D eigenvalue weighted by Crippen LogP contribution is 2.22. The van der Waals surface area contributed by atoms with Gasteiger partial charge in [0.2, 0.25) is 5.91 Å². The van der Waals surface area contributed by atoms with Gasteiger partial charge in [0.1, 0.15) is 0 Å². The number of aliphatic hydroxyl groups excluding tert-OH is 1. The molecule has 0 saturated heterocycles. The Bertz CT molecular complexity index is 388. The van der Waals surface area contributed by atoms with Crippen LogP contribution >= 0.6 is 0 Å². The molecule has 1 N–H and O–H groups in total. The second kappa shape index (κ2) is 5.82. The fourth-order valence-corrected chi connectivity index (χ4v) is 1.88. The summed E-state index contributed by atoms with van der Waals surface area (Å²) in [4.78, 5) is 13.9. The summed E-state index contributed by atoms with van der Waals surface area (Å²) in [6.45, 7) is 5.77. The molecule has 1 aromatic rings. The van der Waals surface area contributed by atoms with Crippen LogP contribution in [0.15, 0.2) is 24.3 Å². The van der Waals surface area contributed by atoms with E-state index >= 15 is 0 Å². The molecule has 3 heteroatoms. The first-order chi connectivity index (χ1) is 7.99. The summed E-state index contributed by atoms with van der Waals surface area (Å²) < 4.78 is 0. The lowest BCUT2D eigenvalue weighted by atomic mass is 9.95. The summed E-state index contributed by atoms with van der Waals surface area (Å²) in [5, 5.41) is 9.28. The minimum Gasteiger partial charge on any atom is -0.396 e. The molecule has 94 valence electrons. The normalized spacial score (nSPS) is 12.6. The number of nitrogens with zero attached hydrogens (tertiary/aromatic N) is 1. The van der Waals surface area contributed by atoms with Crippen LogP contribution in [-0.2, 0) is 4.79 Å². The molecule has 0 aliphatic carbocycles. The van der Waals surface area contributed by atoms with Crippen molar-refractivity contribution in [3.05, 3.63) is 29.8 Å². The predicted octanol–water partition coefficient (Wildman–Crippen LogP) is 2.22. The molecule has 0 aliphatic heterocycles. The van der Waals surface area contributed by atoms with Crippen molar-refractivity contribution in [1.29, 1.82) is 0 Å². The molecule has 0 aliphatic rings. The first kappa shape index (κ1) is 13.7. The number of amides is 1. The third-order valence-corrected chi connectivity index (χ3v) is 3.13. The average molecular weight is 235 g/mol. The summed E-state index contributed by atoms with van der Waals surface area (Å²) in [7, 11) is 1.76. The summed E-state index contributed by atoms with van der Waals surface area (Å²) >= 11 is 0. The molecule has 0 heterocycles. The Morgan fingerprint density at radius 1 is 1.35 bits per heavy atom. The molecule has 17 heavy (non-hydrogen) atoms. The van der Waals surface area contributed by atoms with Crippen molar-refractivity contribution >= 4 is 11.6 Å². The Balaban J connectivity index is 2.94. The summed E-state index contributed by atoms with van der Waals surface area (Å²) in [6.07, 6.45) is 0. The van der Waals surface area contributed by atoms with E-state index < -0.39 is 0 Å². The third kappa shape index (κ3) is 3.07. The fraction of sp³-hybridized carbons (Fsp3) is 0.500.